The summed E-state index contributed by atoms with van der Waals surface area (Å²) in [4.78, 5) is 2.39. The van der Waals surface area contributed by atoms with E-state index in [1.807, 2.05) is 0 Å². The Balaban J connectivity index is 2.10. The first-order valence-corrected chi connectivity index (χ1v) is 7.41. The van der Waals surface area contributed by atoms with Gasteiger partial charge in [-0.05, 0) is 50.8 Å². The van der Waals surface area contributed by atoms with Crippen LogP contribution in [0.2, 0.25) is 0 Å². The minimum absolute atomic E-state index is 0.205. The summed E-state index contributed by atoms with van der Waals surface area (Å²) in [5.41, 5.74) is 1.44. The number of nitriles is 1. The summed E-state index contributed by atoms with van der Waals surface area (Å²) in [5, 5.41) is 9.36. The summed E-state index contributed by atoms with van der Waals surface area (Å²) < 4.78 is 0. The first-order chi connectivity index (χ1) is 9.26. The second-order valence-corrected chi connectivity index (χ2v) is 5.70. The monoisotopic (exact) mass is 256 g/mol. The van der Waals surface area contributed by atoms with Crippen LogP contribution in [-0.4, -0.2) is 24.5 Å². The van der Waals surface area contributed by atoms with E-state index in [2.05, 4.69) is 55.3 Å². The maximum Gasteiger partial charge on any atom is 0.0672 e. The lowest BCUT2D eigenvalue weighted by Gasteiger charge is -2.38. The van der Waals surface area contributed by atoms with Gasteiger partial charge in [0.2, 0.25) is 0 Å². The molecule has 2 nitrogen and oxygen atoms in total. The molecule has 0 radical (unpaired) electrons. The van der Waals surface area contributed by atoms with E-state index in [0.29, 0.717) is 12.0 Å². The second kappa shape index (κ2) is 6.73. The number of hydrogen-bond donors (Lipinski definition) is 0. The third-order valence-corrected chi connectivity index (χ3v) is 4.40. The molecule has 2 heteroatoms. The van der Waals surface area contributed by atoms with Crippen LogP contribution in [0, 0.1) is 17.2 Å². The van der Waals surface area contributed by atoms with Crippen LogP contribution in [0.15, 0.2) is 30.3 Å². The zero-order chi connectivity index (χ0) is 13.7. The first-order valence-electron chi connectivity index (χ1n) is 7.41. The van der Waals surface area contributed by atoms with Crippen LogP contribution in [0.3, 0.4) is 0 Å². The molecule has 1 aromatic carbocycles. The van der Waals surface area contributed by atoms with Gasteiger partial charge in [0, 0.05) is 6.04 Å². The Morgan fingerprint density at radius 1 is 1.26 bits per heavy atom. The smallest absolute Gasteiger partial charge is 0.0672 e. The van der Waals surface area contributed by atoms with Crippen LogP contribution < -0.4 is 0 Å². The molecule has 1 aliphatic carbocycles. The Morgan fingerprint density at radius 3 is 2.63 bits per heavy atom. The highest BCUT2D eigenvalue weighted by atomic mass is 15.1. The molecule has 1 fully saturated rings. The fourth-order valence-electron chi connectivity index (χ4n) is 3.33. The summed E-state index contributed by atoms with van der Waals surface area (Å²) >= 11 is 0. The van der Waals surface area contributed by atoms with Gasteiger partial charge in [0.25, 0.3) is 0 Å². The summed E-state index contributed by atoms with van der Waals surface area (Å²) in [7, 11) is 2.17. The van der Waals surface area contributed by atoms with Crippen LogP contribution in [0.4, 0.5) is 0 Å². The Kier molecular flexibility index (Phi) is 4.99. The average Bonchev–Trinajstić information content (AvgIpc) is 2.47. The van der Waals surface area contributed by atoms with Gasteiger partial charge in [0.1, 0.15) is 0 Å². The van der Waals surface area contributed by atoms with Gasteiger partial charge in [-0.25, -0.2) is 0 Å². The van der Waals surface area contributed by atoms with E-state index in [1.165, 1.54) is 5.56 Å². The normalized spacial score (nSPS) is 27.2. The van der Waals surface area contributed by atoms with Crippen molar-refractivity contribution in [2.45, 2.75) is 44.6 Å². The van der Waals surface area contributed by atoms with Crippen molar-refractivity contribution < 1.29 is 0 Å². The largest absolute Gasteiger partial charge is 0.302 e. The molecule has 1 saturated carbocycles. The van der Waals surface area contributed by atoms with E-state index in [9.17, 15) is 5.26 Å². The highest BCUT2D eigenvalue weighted by molar-refractivity contribution is 5.21. The van der Waals surface area contributed by atoms with Crippen molar-refractivity contribution in [3.63, 3.8) is 0 Å². The third kappa shape index (κ3) is 3.36. The second-order valence-electron chi connectivity index (χ2n) is 5.70. The van der Waals surface area contributed by atoms with Gasteiger partial charge < -0.3 is 4.90 Å². The molecule has 19 heavy (non-hydrogen) atoms. The van der Waals surface area contributed by atoms with Gasteiger partial charge in [-0.2, -0.15) is 5.26 Å². The van der Waals surface area contributed by atoms with E-state index in [-0.39, 0.29) is 5.92 Å². The molecule has 0 saturated heterocycles. The minimum Gasteiger partial charge on any atom is -0.302 e. The van der Waals surface area contributed by atoms with Crippen LogP contribution in [0.1, 0.15) is 44.1 Å². The molecule has 0 aliphatic heterocycles. The van der Waals surface area contributed by atoms with Gasteiger partial charge in [0.15, 0.2) is 0 Å². The molecule has 0 bridgehead atoms. The average molecular weight is 256 g/mol. The van der Waals surface area contributed by atoms with Gasteiger partial charge in [-0.3, -0.25) is 0 Å². The van der Waals surface area contributed by atoms with E-state index in [4.69, 9.17) is 0 Å². The predicted molar refractivity (Wildman–Crippen MR) is 78.8 cm³/mol. The summed E-state index contributed by atoms with van der Waals surface area (Å²) in [5.74, 6) is 0.826. The van der Waals surface area contributed by atoms with E-state index in [1.54, 1.807) is 0 Å². The predicted octanol–water partition coefficient (Wildman–Crippen LogP) is 3.80. The van der Waals surface area contributed by atoms with Gasteiger partial charge in [0.05, 0.1) is 12.0 Å². The van der Waals surface area contributed by atoms with Crippen molar-refractivity contribution in [1.82, 2.24) is 4.90 Å². The molecule has 0 amide bonds. The minimum atomic E-state index is 0.205. The molecule has 2 rings (SSSR count). The number of rotatable bonds is 4. The van der Waals surface area contributed by atoms with Crippen molar-refractivity contribution in [2.24, 2.45) is 5.92 Å². The van der Waals surface area contributed by atoms with E-state index < -0.39 is 0 Å². The zero-order valence-corrected chi connectivity index (χ0v) is 12.0. The maximum atomic E-state index is 9.36. The molecule has 1 aliphatic rings. The van der Waals surface area contributed by atoms with Crippen LogP contribution in [-0.2, 0) is 0 Å². The lowest BCUT2D eigenvalue weighted by atomic mass is 9.75. The Hall–Kier alpha value is -1.33. The van der Waals surface area contributed by atoms with Crippen LogP contribution in [0.5, 0.6) is 0 Å². The molecule has 1 aromatic rings. The number of hydrogen-bond acceptors (Lipinski definition) is 2. The fourth-order valence-corrected chi connectivity index (χ4v) is 3.33. The van der Waals surface area contributed by atoms with Gasteiger partial charge in [-0.15, -0.1) is 0 Å². The molecule has 0 spiro atoms. The van der Waals surface area contributed by atoms with Gasteiger partial charge in [-0.1, -0.05) is 37.3 Å². The lowest BCUT2D eigenvalue weighted by Crippen LogP contribution is -2.41. The quantitative estimate of drug-likeness (QED) is 0.819. The summed E-state index contributed by atoms with van der Waals surface area (Å²) in [6, 6.07) is 13.7. The Morgan fingerprint density at radius 2 is 2.00 bits per heavy atom. The van der Waals surface area contributed by atoms with Crippen molar-refractivity contribution in [1.29, 1.82) is 5.26 Å². The molecular formula is C17H24N2. The first kappa shape index (κ1) is 14.1. The molecule has 0 aromatic heterocycles. The molecule has 102 valence electrons. The van der Waals surface area contributed by atoms with E-state index in [0.717, 1.165) is 32.2 Å². The lowest BCUT2D eigenvalue weighted by molar-refractivity contribution is 0.146. The van der Waals surface area contributed by atoms with Crippen molar-refractivity contribution >= 4 is 0 Å². The van der Waals surface area contributed by atoms with Crippen LogP contribution in [0.25, 0.3) is 0 Å². The molecule has 3 unspecified atom stereocenters. The fraction of sp³-hybridized carbons (Fsp3) is 0.588. The molecule has 3 atom stereocenters. The van der Waals surface area contributed by atoms with Crippen molar-refractivity contribution in [3.8, 4) is 6.07 Å². The Bertz CT molecular complexity index is 421. The van der Waals surface area contributed by atoms with Crippen molar-refractivity contribution in [2.75, 3.05) is 13.6 Å². The molecule has 0 heterocycles. The zero-order valence-electron chi connectivity index (χ0n) is 12.0. The number of nitrogens with zero attached hydrogens (tertiary/aromatic N) is 2. The SMILES string of the molecule is CCCN(C)C1CC(c2ccccc2)CCC1C#N. The Labute approximate surface area is 117 Å². The molecule has 0 N–H and O–H groups in total. The van der Waals surface area contributed by atoms with Crippen molar-refractivity contribution in [3.05, 3.63) is 35.9 Å². The maximum absolute atomic E-state index is 9.36. The van der Waals surface area contributed by atoms with Crippen LogP contribution >= 0.6 is 0 Å². The van der Waals surface area contributed by atoms with Gasteiger partial charge >= 0.3 is 0 Å². The summed E-state index contributed by atoms with van der Waals surface area (Å²) in [6.45, 7) is 3.29. The number of benzene rings is 1. The standard InChI is InChI=1S/C17H24N2/c1-3-11-19(2)17-12-15(9-10-16(17)13-18)14-7-5-4-6-8-14/h4-8,15-17H,3,9-12H2,1-2H3. The summed E-state index contributed by atoms with van der Waals surface area (Å²) in [6.07, 6.45) is 4.47. The highest BCUT2D eigenvalue weighted by Gasteiger charge is 2.33. The van der Waals surface area contributed by atoms with E-state index >= 15 is 0 Å². The topological polar surface area (TPSA) is 27.0 Å². The third-order valence-electron chi connectivity index (χ3n) is 4.40. The highest BCUT2D eigenvalue weighted by Crippen LogP contribution is 2.37. The molecular weight excluding hydrogens is 232 g/mol.